The Hall–Kier alpha value is 6.62. The molecule has 0 rings (SSSR count). The molecule has 0 amide bonds. The maximum Gasteiger partial charge on any atom is 1.00 e. The molecular formula is C6H23Na11O18. The second-order valence-electron chi connectivity index (χ2n) is 1.70. The van der Waals surface area contributed by atoms with Gasteiger partial charge in [-0.15, -0.1) is 0 Å². The molecule has 12 N–H and O–H groups in total. The van der Waals surface area contributed by atoms with Gasteiger partial charge in [0.1, 0.15) is 0 Å². The summed E-state index contributed by atoms with van der Waals surface area (Å²) in [5, 5.41) is 83.7. The molecular weight excluding hydrogens is 613 g/mol. The summed E-state index contributed by atoms with van der Waals surface area (Å²) < 4.78 is 0. The van der Waals surface area contributed by atoms with E-state index in [2.05, 4.69) is 0 Å². The van der Waals surface area contributed by atoms with Crippen LogP contribution in [0.25, 0.3) is 0 Å². The molecule has 0 aliphatic carbocycles. The van der Waals surface area contributed by atoms with Gasteiger partial charge in [0.2, 0.25) is 0 Å². The Labute approximate surface area is 457 Å². The van der Waals surface area contributed by atoms with Crippen LogP contribution >= 0.6 is 0 Å². The molecule has 0 saturated heterocycles. The molecule has 0 aromatic carbocycles. The van der Waals surface area contributed by atoms with Crippen molar-refractivity contribution in [1.82, 2.24) is 0 Å². The zero-order valence-electron chi connectivity index (χ0n) is 32.8. The summed E-state index contributed by atoms with van der Waals surface area (Å²) in [7, 11) is 0. The van der Waals surface area contributed by atoms with Crippen molar-refractivity contribution >= 4 is 36.9 Å². The topological polar surface area (TPSA) is 345 Å². The third kappa shape index (κ3) is 1380. The largest absolute Gasteiger partial charge is 1.00 e. The molecule has 0 aliphatic heterocycles. The number of carboxylic acid groups (broad SMARTS) is 12. The van der Waals surface area contributed by atoms with Crippen LogP contribution in [0.3, 0.4) is 0 Å². The molecule has 35 heavy (non-hydrogen) atoms. The third-order valence-corrected chi connectivity index (χ3v) is 0. The summed E-state index contributed by atoms with van der Waals surface area (Å²) in [6.45, 7) is 0. The summed E-state index contributed by atoms with van der Waals surface area (Å²) in [5.41, 5.74) is 0. The second kappa shape index (κ2) is 105. The van der Waals surface area contributed by atoms with Crippen LogP contribution < -0.4 is 325 Å². The van der Waals surface area contributed by atoms with Crippen LogP contribution in [-0.2, 0) is 0 Å². The van der Waals surface area contributed by atoms with E-state index < -0.39 is 36.9 Å². The van der Waals surface area contributed by atoms with Crippen molar-refractivity contribution in [3.05, 3.63) is 0 Å². The van der Waals surface area contributed by atoms with E-state index in [9.17, 15) is 0 Å². The number of carbonyl (C=O) groups is 6. The molecule has 0 atom stereocenters. The molecule has 18 nitrogen and oxygen atoms in total. The van der Waals surface area contributed by atoms with E-state index in [0.717, 1.165) is 0 Å². The molecule has 0 aromatic rings. The number of hydrogen-bond acceptors (Lipinski definition) is 6. The third-order valence-electron chi connectivity index (χ3n) is 0. The van der Waals surface area contributed by atoms with Crippen molar-refractivity contribution in [2.24, 2.45) is 0 Å². The van der Waals surface area contributed by atoms with Gasteiger partial charge < -0.3 is 77.0 Å². The van der Waals surface area contributed by atoms with Crippen LogP contribution in [0, 0.1) is 0 Å². The molecule has 29 heteroatoms. The monoisotopic (exact) mass is 636 g/mol. The molecule has 0 heterocycles. The van der Waals surface area contributed by atoms with Gasteiger partial charge in [0, 0.05) is 0 Å². The Morgan fingerprint density at radius 1 is 0.229 bits per heavy atom. The van der Waals surface area contributed by atoms with Gasteiger partial charge in [-0.3, -0.25) is 0 Å². The number of hydrogen-bond donors (Lipinski definition) is 12. The smallest absolute Gasteiger partial charge is 1.00 e. The molecule has 0 fully saturated rings. The van der Waals surface area contributed by atoms with Crippen LogP contribution in [0.5, 0.6) is 0 Å². The average molecular weight is 636 g/mol. The molecule has 0 radical (unpaired) electrons. The van der Waals surface area contributed by atoms with Gasteiger partial charge in [-0.2, -0.15) is 0 Å². The first-order valence-electron chi connectivity index (χ1n) is 3.91. The summed E-state index contributed by atoms with van der Waals surface area (Å²) in [6.07, 6.45) is -11.0. The van der Waals surface area contributed by atoms with Crippen LogP contribution in [0.15, 0.2) is 0 Å². The van der Waals surface area contributed by atoms with E-state index >= 15 is 0 Å². The minimum Gasteiger partial charge on any atom is -1.00 e. The Kier molecular flexibility index (Phi) is 341. The van der Waals surface area contributed by atoms with Gasteiger partial charge in [0.05, 0.1) is 0 Å². The fraction of sp³-hybridized carbons (Fsp3) is 0. The van der Waals surface area contributed by atoms with E-state index in [1.54, 1.807) is 0 Å². The summed E-state index contributed by atoms with van der Waals surface area (Å²) >= 11 is 0. The maximum absolute atomic E-state index is 8.56. The normalized spacial score (nSPS) is 4.11. The van der Waals surface area contributed by atoms with Gasteiger partial charge in [-0.05, 0) is 0 Å². The molecule has 166 valence electrons. The Bertz CT molecular complexity index is 319. The second-order valence-corrected chi connectivity index (χ2v) is 1.70. The van der Waals surface area contributed by atoms with E-state index in [4.69, 9.17) is 90.0 Å². The molecule has 0 saturated carbocycles. The van der Waals surface area contributed by atoms with Gasteiger partial charge in [-0.25, -0.2) is 28.8 Å². The van der Waals surface area contributed by atoms with E-state index in [1.165, 1.54) is 0 Å². The van der Waals surface area contributed by atoms with E-state index in [-0.39, 0.29) is 341 Å². The zero-order chi connectivity index (χ0) is 21.5. The zero-order valence-corrected chi connectivity index (χ0v) is 43.8. The van der Waals surface area contributed by atoms with Gasteiger partial charge in [0.15, 0.2) is 0 Å². The average Bonchev–Trinajstić information content (AvgIpc) is 2.08. The molecule has 0 aromatic heterocycles. The first-order chi connectivity index (χ1) is 10.4. The minimum absolute atomic E-state index is 0. The van der Waals surface area contributed by atoms with Crippen molar-refractivity contribution in [2.45, 2.75) is 0 Å². The molecule has 0 aliphatic rings. The summed E-state index contributed by atoms with van der Waals surface area (Å²) in [4.78, 5) is 51.3. The van der Waals surface area contributed by atoms with E-state index in [0.29, 0.717) is 0 Å². The summed E-state index contributed by atoms with van der Waals surface area (Å²) in [5.74, 6) is 0. The first-order valence-corrected chi connectivity index (χ1v) is 3.91. The van der Waals surface area contributed by atoms with Crippen LogP contribution in [0.2, 0.25) is 0 Å². The van der Waals surface area contributed by atoms with Crippen molar-refractivity contribution in [1.29, 1.82) is 0 Å². The quantitative estimate of drug-likeness (QED) is 0.110. The van der Waals surface area contributed by atoms with Gasteiger partial charge in [-0.1, -0.05) is 0 Å². The predicted octanol–water partition coefficient (Wildman–Crippen LogP) is -30.4. The molecule has 0 spiro atoms. The molecule has 0 unspecified atom stereocenters. The Balaban J connectivity index is -0.00000000297. The SMILES string of the molecule is O=C(O)O.O=C(O)O.O=C(O)O.O=C(O)O.O=C(O)O.O=C(O)O.[H-].[H-].[H-].[H-].[H-].[H-].[H-].[H-].[H-].[H-].[H-].[Na+].[Na+].[Na+].[Na+].[Na+].[Na+].[Na+].[Na+].[Na+].[Na+].[Na+]. The maximum atomic E-state index is 8.56. The van der Waals surface area contributed by atoms with Gasteiger partial charge >= 0.3 is 362 Å². The first kappa shape index (κ1) is 113. The van der Waals surface area contributed by atoms with Crippen molar-refractivity contribution in [2.75, 3.05) is 0 Å². The summed E-state index contributed by atoms with van der Waals surface area (Å²) in [6, 6.07) is 0. The molecule has 0 bridgehead atoms. The Morgan fingerprint density at radius 3 is 0.229 bits per heavy atom. The fourth-order valence-corrected chi connectivity index (χ4v) is 0. The minimum atomic E-state index is -1.83. The van der Waals surface area contributed by atoms with Gasteiger partial charge in [0.25, 0.3) is 0 Å². The van der Waals surface area contributed by atoms with Crippen molar-refractivity contribution < 1.29 is 431 Å². The van der Waals surface area contributed by atoms with Crippen molar-refractivity contribution in [3.8, 4) is 0 Å². The van der Waals surface area contributed by atoms with Crippen LogP contribution in [0.1, 0.15) is 15.7 Å². The predicted molar refractivity (Wildman–Crippen MR) is 76.2 cm³/mol. The number of rotatable bonds is 0. The fourth-order valence-electron chi connectivity index (χ4n) is 0. The van der Waals surface area contributed by atoms with Crippen LogP contribution in [-0.4, -0.2) is 98.2 Å². The Morgan fingerprint density at radius 2 is 0.229 bits per heavy atom. The van der Waals surface area contributed by atoms with Crippen LogP contribution in [0.4, 0.5) is 28.8 Å². The van der Waals surface area contributed by atoms with Crippen molar-refractivity contribution in [3.63, 3.8) is 0 Å². The van der Waals surface area contributed by atoms with E-state index in [1.807, 2.05) is 0 Å². The standard InChI is InChI=1S/6CH2O3.11Na.11H/c6*2-1(3)4;;;;;;;;;;;;;;;;;;;;;;/h6*(H2,2,3,4);;;;;;;;;;;;;;;;;;;;;;/q;;;;;;11*+1;11*-1.